The molecule has 2 rings (SSSR count). The third kappa shape index (κ3) is 3.87. The first-order valence-corrected chi connectivity index (χ1v) is 6.65. The summed E-state index contributed by atoms with van der Waals surface area (Å²) in [5.74, 6) is 0.612. The highest BCUT2D eigenvalue weighted by Crippen LogP contribution is 2.30. The predicted octanol–water partition coefficient (Wildman–Crippen LogP) is 2.04. The standard InChI is InChI=1S/C13H24N2O2/c1-13(2,3)17-12(16)14-8-9-6-10-4-5-11(7-9)15-10/h9-11,15H,4-8H2,1-3H3,(H,14,16). The van der Waals surface area contributed by atoms with Crippen LogP contribution in [0.3, 0.4) is 0 Å². The lowest BCUT2D eigenvalue weighted by molar-refractivity contribution is 0.0513. The smallest absolute Gasteiger partial charge is 0.407 e. The second-order valence-electron chi connectivity index (χ2n) is 6.36. The van der Waals surface area contributed by atoms with Crippen LogP contribution in [-0.4, -0.2) is 30.3 Å². The number of fused-ring (bicyclic) bond motifs is 2. The first kappa shape index (κ1) is 12.7. The minimum absolute atomic E-state index is 0.289. The van der Waals surface area contributed by atoms with Gasteiger partial charge in [0, 0.05) is 18.6 Å². The highest BCUT2D eigenvalue weighted by Gasteiger charge is 2.33. The Hall–Kier alpha value is -0.770. The second kappa shape index (κ2) is 4.84. The Balaban J connectivity index is 1.70. The fraction of sp³-hybridized carbons (Fsp3) is 0.923. The summed E-state index contributed by atoms with van der Waals surface area (Å²) in [6, 6.07) is 1.36. The maximum Gasteiger partial charge on any atom is 0.407 e. The molecule has 4 heteroatoms. The van der Waals surface area contributed by atoms with E-state index in [-0.39, 0.29) is 6.09 Å². The van der Waals surface area contributed by atoms with Crippen molar-refractivity contribution in [3.63, 3.8) is 0 Å². The van der Waals surface area contributed by atoms with E-state index in [4.69, 9.17) is 4.74 Å². The van der Waals surface area contributed by atoms with Crippen molar-refractivity contribution in [3.8, 4) is 0 Å². The van der Waals surface area contributed by atoms with Crippen LogP contribution in [0.2, 0.25) is 0 Å². The Bertz CT molecular complexity index is 274. The zero-order chi connectivity index (χ0) is 12.5. The summed E-state index contributed by atoms with van der Waals surface area (Å²) in [5, 5.41) is 6.49. The zero-order valence-corrected chi connectivity index (χ0v) is 11.1. The molecule has 2 bridgehead atoms. The van der Waals surface area contributed by atoms with E-state index in [0.717, 1.165) is 6.54 Å². The summed E-state index contributed by atoms with van der Waals surface area (Å²) in [4.78, 5) is 11.5. The number of piperidine rings is 1. The fourth-order valence-corrected chi connectivity index (χ4v) is 2.88. The van der Waals surface area contributed by atoms with Gasteiger partial charge in [-0.25, -0.2) is 4.79 Å². The molecule has 0 radical (unpaired) electrons. The van der Waals surface area contributed by atoms with E-state index in [1.807, 2.05) is 20.8 Å². The van der Waals surface area contributed by atoms with Crippen molar-refractivity contribution in [2.45, 2.75) is 64.1 Å². The number of carbonyl (C=O) groups is 1. The first-order valence-electron chi connectivity index (χ1n) is 6.65. The van der Waals surface area contributed by atoms with E-state index in [9.17, 15) is 4.79 Å². The molecule has 2 heterocycles. The molecule has 2 saturated heterocycles. The molecule has 0 saturated carbocycles. The quantitative estimate of drug-likeness (QED) is 0.776. The number of hydrogen-bond acceptors (Lipinski definition) is 3. The SMILES string of the molecule is CC(C)(C)OC(=O)NCC1CC2CCC(C1)N2. The van der Waals surface area contributed by atoms with Gasteiger partial charge in [0.25, 0.3) is 0 Å². The molecular formula is C13H24N2O2. The average Bonchev–Trinajstić information content (AvgIpc) is 2.53. The number of amides is 1. The Morgan fingerprint density at radius 2 is 1.88 bits per heavy atom. The van der Waals surface area contributed by atoms with Crippen LogP contribution >= 0.6 is 0 Å². The summed E-state index contributed by atoms with van der Waals surface area (Å²) < 4.78 is 5.23. The lowest BCUT2D eigenvalue weighted by atomic mass is 9.92. The van der Waals surface area contributed by atoms with E-state index in [1.165, 1.54) is 25.7 Å². The van der Waals surface area contributed by atoms with Gasteiger partial charge in [0.05, 0.1) is 0 Å². The third-order valence-electron chi connectivity index (χ3n) is 3.50. The van der Waals surface area contributed by atoms with Crippen LogP contribution in [0.25, 0.3) is 0 Å². The number of alkyl carbamates (subject to hydrolysis) is 1. The van der Waals surface area contributed by atoms with Crippen LogP contribution in [0.4, 0.5) is 4.79 Å². The van der Waals surface area contributed by atoms with Gasteiger partial charge in [-0.3, -0.25) is 0 Å². The van der Waals surface area contributed by atoms with Crippen LogP contribution in [0.5, 0.6) is 0 Å². The second-order valence-corrected chi connectivity index (χ2v) is 6.36. The number of carbonyl (C=O) groups excluding carboxylic acids is 1. The van der Waals surface area contributed by atoms with E-state index >= 15 is 0 Å². The van der Waals surface area contributed by atoms with Gasteiger partial charge in [-0.15, -0.1) is 0 Å². The number of hydrogen-bond donors (Lipinski definition) is 2. The molecule has 0 aromatic rings. The van der Waals surface area contributed by atoms with Gasteiger partial charge in [0.2, 0.25) is 0 Å². The average molecular weight is 240 g/mol. The Labute approximate surface area is 103 Å². The summed E-state index contributed by atoms with van der Waals surface area (Å²) in [7, 11) is 0. The lowest BCUT2D eigenvalue weighted by Gasteiger charge is -2.29. The Morgan fingerprint density at radius 1 is 1.29 bits per heavy atom. The normalized spacial score (nSPS) is 32.3. The highest BCUT2D eigenvalue weighted by molar-refractivity contribution is 5.67. The van der Waals surface area contributed by atoms with Crippen molar-refractivity contribution in [2.24, 2.45) is 5.92 Å². The van der Waals surface area contributed by atoms with Crippen molar-refractivity contribution >= 4 is 6.09 Å². The van der Waals surface area contributed by atoms with Crippen LogP contribution in [0.15, 0.2) is 0 Å². The van der Waals surface area contributed by atoms with E-state index in [2.05, 4.69) is 10.6 Å². The molecule has 17 heavy (non-hydrogen) atoms. The summed E-state index contributed by atoms with van der Waals surface area (Å²) in [5.41, 5.74) is -0.406. The molecule has 98 valence electrons. The number of rotatable bonds is 2. The van der Waals surface area contributed by atoms with Crippen molar-refractivity contribution in [1.29, 1.82) is 0 Å². The molecule has 2 aliphatic heterocycles. The lowest BCUT2D eigenvalue weighted by Crippen LogP contribution is -2.43. The maximum atomic E-state index is 11.5. The van der Waals surface area contributed by atoms with E-state index < -0.39 is 5.60 Å². The van der Waals surface area contributed by atoms with Gasteiger partial charge >= 0.3 is 6.09 Å². The van der Waals surface area contributed by atoms with Gasteiger partial charge in [0.1, 0.15) is 5.60 Å². The molecular weight excluding hydrogens is 216 g/mol. The minimum Gasteiger partial charge on any atom is -0.444 e. The van der Waals surface area contributed by atoms with Gasteiger partial charge in [-0.1, -0.05) is 0 Å². The first-order chi connectivity index (χ1) is 7.92. The Morgan fingerprint density at radius 3 is 2.41 bits per heavy atom. The molecule has 2 unspecified atom stereocenters. The van der Waals surface area contributed by atoms with Gasteiger partial charge < -0.3 is 15.4 Å². The maximum absolute atomic E-state index is 11.5. The van der Waals surface area contributed by atoms with Crippen LogP contribution < -0.4 is 10.6 Å². The number of nitrogens with one attached hydrogen (secondary N) is 2. The van der Waals surface area contributed by atoms with E-state index in [1.54, 1.807) is 0 Å². The molecule has 2 fully saturated rings. The fourth-order valence-electron chi connectivity index (χ4n) is 2.88. The predicted molar refractivity (Wildman–Crippen MR) is 66.9 cm³/mol. The van der Waals surface area contributed by atoms with Crippen LogP contribution in [0.1, 0.15) is 46.5 Å². The zero-order valence-electron chi connectivity index (χ0n) is 11.1. The molecule has 1 amide bonds. The highest BCUT2D eigenvalue weighted by atomic mass is 16.6. The van der Waals surface area contributed by atoms with Crippen LogP contribution in [0, 0.1) is 5.92 Å². The van der Waals surface area contributed by atoms with E-state index in [0.29, 0.717) is 18.0 Å². The molecule has 0 aliphatic carbocycles. The van der Waals surface area contributed by atoms with Crippen molar-refractivity contribution in [2.75, 3.05) is 6.54 Å². The number of ether oxygens (including phenoxy) is 1. The summed E-state index contributed by atoms with van der Waals surface area (Å²) >= 11 is 0. The molecule has 0 spiro atoms. The van der Waals surface area contributed by atoms with Crippen LogP contribution in [-0.2, 0) is 4.74 Å². The van der Waals surface area contributed by atoms with Gasteiger partial charge in [-0.05, 0) is 52.4 Å². The third-order valence-corrected chi connectivity index (χ3v) is 3.50. The molecule has 4 nitrogen and oxygen atoms in total. The minimum atomic E-state index is -0.406. The Kier molecular flexibility index (Phi) is 3.61. The summed E-state index contributed by atoms with van der Waals surface area (Å²) in [6.45, 7) is 6.41. The topological polar surface area (TPSA) is 50.4 Å². The largest absolute Gasteiger partial charge is 0.444 e. The van der Waals surface area contributed by atoms with Gasteiger partial charge in [-0.2, -0.15) is 0 Å². The molecule has 2 aliphatic rings. The van der Waals surface area contributed by atoms with Crippen molar-refractivity contribution in [3.05, 3.63) is 0 Å². The summed E-state index contributed by atoms with van der Waals surface area (Å²) in [6.07, 6.45) is 4.68. The van der Waals surface area contributed by atoms with Gasteiger partial charge in [0.15, 0.2) is 0 Å². The molecule has 0 aromatic heterocycles. The van der Waals surface area contributed by atoms with Crippen molar-refractivity contribution in [1.82, 2.24) is 10.6 Å². The molecule has 0 aromatic carbocycles. The molecule has 2 atom stereocenters. The monoisotopic (exact) mass is 240 g/mol. The van der Waals surface area contributed by atoms with Crippen molar-refractivity contribution < 1.29 is 9.53 Å². The molecule has 2 N–H and O–H groups in total.